The van der Waals surface area contributed by atoms with Crippen molar-refractivity contribution in [3.63, 3.8) is 0 Å². The Balaban J connectivity index is 2.23. The monoisotopic (exact) mass is 154 g/mol. The van der Waals surface area contributed by atoms with Crippen LogP contribution < -0.4 is 5.73 Å². The molecule has 0 fully saturated rings. The summed E-state index contributed by atoms with van der Waals surface area (Å²) in [5.41, 5.74) is 5.73. The van der Waals surface area contributed by atoms with Crippen molar-refractivity contribution < 1.29 is 0 Å². The quantitative estimate of drug-likeness (QED) is 0.683. The van der Waals surface area contributed by atoms with E-state index in [0.717, 1.165) is 19.4 Å². The van der Waals surface area contributed by atoms with Gasteiger partial charge >= 0.3 is 0 Å². The fourth-order valence-electron chi connectivity index (χ4n) is 0.850. The van der Waals surface area contributed by atoms with Crippen molar-refractivity contribution in [1.82, 2.24) is 14.8 Å². The van der Waals surface area contributed by atoms with Gasteiger partial charge in [-0.2, -0.15) is 5.10 Å². The molecule has 0 amide bonds. The van der Waals surface area contributed by atoms with Gasteiger partial charge in [-0.1, -0.05) is 6.92 Å². The summed E-state index contributed by atoms with van der Waals surface area (Å²) < 4.78 is 1.80. The highest BCUT2D eigenvalue weighted by atomic mass is 15.3. The Bertz CT molecular complexity index is 182. The molecule has 4 heteroatoms. The first-order valence-corrected chi connectivity index (χ1v) is 3.91. The first-order chi connectivity index (χ1) is 5.33. The zero-order chi connectivity index (χ0) is 8.10. The van der Waals surface area contributed by atoms with E-state index in [1.165, 1.54) is 6.33 Å². The van der Waals surface area contributed by atoms with Crippen LogP contribution in [-0.2, 0) is 6.54 Å². The number of hydrogen-bond acceptors (Lipinski definition) is 3. The van der Waals surface area contributed by atoms with Crippen LogP contribution in [0.5, 0.6) is 0 Å². The third-order valence-electron chi connectivity index (χ3n) is 1.72. The van der Waals surface area contributed by atoms with Gasteiger partial charge in [0.25, 0.3) is 0 Å². The Labute approximate surface area is 66.4 Å². The molecular formula is C7H14N4. The first-order valence-electron chi connectivity index (χ1n) is 3.91. The Morgan fingerprint density at radius 3 is 3.00 bits per heavy atom. The summed E-state index contributed by atoms with van der Waals surface area (Å²) in [5, 5.41) is 3.97. The third-order valence-corrected chi connectivity index (χ3v) is 1.72. The Kier molecular flexibility index (Phi) is 3.04. The summed E-state index contributed by atoms with van der Waals surface area (Å²) in [6, 6.07) is 0.291. The average molecular weight is 154 g/mol. The van der Waals surface area contributed by atoms with Gasteiger partial charge < -0.3 is 5.73 Å². The maximum atomic E-state index is 5.73. The van der Waals surface area contributed by atoms with Gasteiger partial charge in [-0.05, 0) is 12.8 Å². The molecule has 0 bridgehead atoms. The zero-order valence-electron chi connectivity index (χ0n) is 6.77. The van der Waals surface area contributed by atoms with Crippen LogP contribution in [0.4, 0.5) is 0 Å². The molecule has 2 N–H and O–H groups in total. The second-order valence-corrected chi connectivity index (χ2v) is 2.62. The van der Waals surface area contributed by atoms with Gasteiger partial charge in [0, 0.05) is 12.6 Å². The van der Waals surface area contributed by atoms with E-state index in [2.05, 4.69) is 17.0 Å². The van der Waals surface area contributed by atoms with Gasteiger partial charge in [-0.15, -0.1) is 0 Å². The molecule has 1 rings (SSSR count). The largest absolute Gasteiger partial charge is 0.328 e. The van der Waals surface area contributed by atoms with Crippen LogP contribution in [0.15, 0.2) is 12.7 Å². The van der Waals surface area contributed by atoms with Crippen molar-refractivity contribution in [2.75, 3.05) is 0 Å². The Morgan fingerprint density at radius 1 is 1.64 bits per heavy atom. The Morgan fingerprint density at radius 2 is 2.45 bits per heavy atom. The van der Waals surface area contributed by atoms with Crippen LogP contribution in [0.3, 0.4) is 0 Å². The minimum atomic E-state index is 0.291. The van der Waals surface area contributed by atoms with E-state index in [0.29, 0.717) is 6.04 Å². The van der Waals surface area contributed by atoms with E-state index in [9.17, 15) is 0 Å². The number of hydrogen-bond donors (Lipinski definition) is 1. The number of rotatable bonds is 4. The predicted octanol–water partition coefficient (Wildman–Crippen LogP) is 0.405. The number of nitrogens with zero attached hydrogens (tertiary/aromatic N) is 3. The van der Waals surface area contributed by atoms with Gasteiger partial charge in [0.1, 0.15) is 12.7 Å². The van der Waals surface area contributed by atoms with E-state index >= 15 is 0 Å². The lowest BCUT2D eigenvalue weighted by atomic mass is 10.2. The van der Waals surface area contributed by atoms with Gasteiger partial charge in [-0.25, -0.2) is 4.98 Å². The molecule has 62 valence electrons. The van der Waals surface area contributed by atoms with Gasteiger partial charge in [-0.3, -0.25) is 4.68 Å². The van der Waals surface area contributed by atoms with Crippen LogP contribution >= 0.6 is 0 Å². The van der Waals surface area contributed by atoms with E-state index in [1.54, 1.807) is 11.0 Å². The van der Waals surface area contributed by atoms with Crippen LogP contribution in [0.25, 0.3) is 0 Å². The molecule has 0 saturated heterocycles. The highest BCUT2D eigenvalue weighted by Gasteiger charge is 1.98. The lowest BCUT2D eigenvalue weighted by Crippen LogP contribution is -2.20. The number of aromatic nitrogens is 3. The fourth-order valence-corrected chi connectivity index (χ4v) is 0.850. The van der Waals surface area contributed by atoms with Crippen molar-refractivity contribution in [3.05, 3.63) is 12.7 Å². The average Bonchev–Trinajstić information content (AvgIpc) is 2.52. The molecular weight excluding hydrogens is 140 g/mol. The summed E-state index contributed by atoms with van der Waals surface area (Å²) in [6.07, 6.45) is 5.24. The molecule has 0 spiro atoms. The normalized spacial score (nSPS) is 13.3. The molecule has 1 heterocycles. The minimum absolute atomic E-state index is 0.291. The summed E-state index contributed by atoms with van der Waals surface area (Å²) in [6.45, 7) is 2.96. The number of aryl methyl sites for hydroxylation is 1. The zero-order valence-corrected chi connectivity index (χ0v) is 6.77. The Hall–Kier alpha value is -0.900. The topological polar surface area (TPSA) is 56.7 Å². The van der Waals surface area contributed by atoms with Crippen LogP contribution in [0.1, 0.15) is 19.8 Å². The molecule has 1 aromatic heterocycles. The molecule has 1 atom stereocenters. The van der Waals surface area contributed by atoms with Crippen molar-refractivity contribution in [3.8, 4) is 0 Å². The second-order valence-electron chi connectivity index (χ2n) is 2.62. The van der Waals surface area contributed by atoms with Crippen molar-refractivity contribution in [2.24, 2.45) is 5.73 Å². The van der Waals surface area contributed by atoms with Crippen LogP contribution in [0.2, 0.25) is 0 Å². The molecule has 0 aliphatic heterocycles. The highest BCUT2D eigenvalue weighted by Crippen LogP contribution is 1.95. The molecule has 0 aliphatic rings. The molecule has 0 saturated carbocycles. The van der Waals surface area contributed by atoms with Gasteiger partial charge in [0.2, 0.25) is 0 Å². The predicted molar refractivity (Wildman–Crippen MR) is 42.9 cm³/mol. The SMILES string of the molecule is CC[C@@H](N)CCn1cncn1. The minimum Gasteiger partial charge on any atom is -0.328 e. The second kappa shape index (κ2) is 4.08. The van der Waals surface area contributed by atoms with E-state index in [1.807, 2.05) is 0 Å². The third kappa shape index (κ3) is 2.67. The molecule has 1 aromatic rings. The molecule has 0 radical (unpaired) electrons. The fraction of sp³-hybridized carbons (Fsp3) is 0.714. The summed E-state index contributed by atoms with van der Waals surface area (Å²) >= 11 is 0. The molecule has 11 heavy (non-hydrogen) atoms. The lowest BCUT2D eigenvalue weighted by Gasteiger charge is -2.06. The first kappa shape index (κ1) is 8.20. The van der Waals surface area contributed by atoms with Gasteiger partial charge in [0.15, 0.2) is 0 Å². The summed E-state index contributed by atoms with van der Waals surface area (Å²) in [7, 11) is 0. The van der Waals surface area contributed by atoms with Gasteiger partial charge in [0.05, 0.1) is 0 Å². The molecule has 0 unspecified atom stereocenters. The summed E-state index contributed by atoms with van der Waals surface area (Å²) in [5.74, 6) is 0. The van der Waals surface area contributed by atoms with Crippen LogP contribution in [0, 0.1) is 0 Å². The van der Waals surface area contributed by atoms with E-state index in [4.69, 9.17) is 5.73 Å². The molecule has 0 aromatic carbocycles. The van der Waals surface area contributed by atoms with E-state index in [-0.39, 0.29) is 0 Å². The maximum absolute atomic E-state index is 5.73. The van der Waals surface area contributed by atoms with Crippen molar-refractivity contribution >= 4 is 0 Å². The standard InChI is InChI=1S/C7H14N4/c1-2-7(8)3-4-11-6-9-5-10-11/h5-7H,2-4,8H2,1H3/t7-/m1/s1. The van der Waals surface area contributed by atoms with Crippen molar-refractivity contribution in [2.45, 2.75) is 32.4 Å². The smallest absolute Gasteiger partial charge is 0.137 e. The van der Waals surface area contributed by atoms with E-state index < -0.39 is 0 Å². The maximum Gasteiger partial charge on any atom is 0.137 e. The lowest BCUT2D eigenvalue weighted by molar-refractivity contribution is 0.500. The molecule has 4 nitrogen and oxygen atoms in total. The highest BCUT2D eigenvalue weighted by molar-refractivity contribution is 4.61. The van der Waals surface area contributed by atoms with Crippen LogP contribution in [-0.4, -0.2) is 20.8 Å². The summed E-state index contributed by atoms with van der Waals surface area (Å²) in [4.78, 5) is 3.84. The van der Waals surface area contributed by atoms with Crippen molar-refractivity contribution in [1.29, 1.82) is 0 Å². The molecule has 0 aliphatic carbocycles. The number of nitrogens with two attached hydrogens (primary N) is 1.